The van der Waals surface area contributed by atoms with Gasteiger partial charge in [0.1, 0.15) is 6.10 Å². The van der Waals surface area contributed by atoms with Gasteiger partial charge in [-0.15, -0.1) is 6.58 Å². The van der Waals surface area contributed by atoms with Crippen LogP contribution in [0.25, 0.3) is 0 Å². The number of carbonyl (C=O) groups excluding carboxylic acids is 1. The summed E-state index contributed by atoms with van der Waals surface area (Å²) < 4.78 is 6.89. The number of Topliss-reactive ketones (excluding diaryl/α,β-unsaturated/α-hetero) is 1. The molecule has 0 amide bonds. The molecule has 4 fully saturated rings. The summed E-state index contributed by atoms with van der Waals surface area (Å²) in [5.74, 6) is 2.09. The molecule has 10 atom stereocenters. The average Bonchev–Trinajstić information content (AvgIpc) is 2.92. The van der Waals surface area contributed by atoms with Crippen molar-refractivity contribution in [2.45, 2.75) is 117 Å². The molecule has 188 valence electrons. The minimum atomic E-state index is -1.75. The van der Waals surface area contributed by atoms with Crippen molar-refractivity contribution in [3.63, 3.8) is 0 Å². The van der Waals surface area contributed by atoms with Gasteiger partial charge in [0.25, 0.3) is 0 Å². The molecule has 33 heavy (non-hydrogen) atoms. The largest absolute Gasteiger partial charge is 0.414 e. The van der Waals surface area contributed by atoms with Gasteiger partial charge in [0.05, 0.1) is 0 Å². The SMILES string of the molecule is C=C[C@@H](C)[C@H]1C(=O)C(O)[C@H]2[C@@H]3CCC4C[C@@H](O[Si](C)(C)C(C)(C)C)CC[C@]4(C)[C@H]3CC[C@]12C. The second-order valence-corrected chi connectivity index (χ2v) is 19.1. The molecule has 0 bridgehead atoms. The molecule has 0 aliphatic heterocycles. The zero-order chi connectivity index (χ0) is 24.6. The lowest BCUT2D eigenvalue weighted by molar-refractivity contribution is -0.141. The Morgan fingerprint density at radius 2 is 1.76 bits per heavy atom. The van der Waals surface area contributed by atoms with Gasteiger partial charge in [-0.05, 0) is 97.6 Å². The van der Waals surface area contributed by atoms with Crippen molar-refractivity contribution in [3.05, 3.63) is 12.7 Å². The van der Waals surface area contributed by atoms with Crippen molar-refractivity contribution in [1.82, 2.24) is 0 Å². The lowest BCUT2D eigenvalue weighted by Gasteiger charge is -2.61. The van der Waals surface area contributed by atoms with Crippen LogP contribution in [0, 0.1) is 46.3 Å². The fourth-order valence-corrected chi connectivity index (χ4v) is 10.2. The first-order valence-electron chi connectivity index (χ1n) is 13.7. The van der Waals surface area contributed by atoms with Crippen molar-refractivity contribution in [2.75, 3.05) is 0 Å². The van der Waals surface area contributed by atoms with E-state index in [1.807, 2.05) is 6.08 Å². The molecular formula is C29H50O3Si. The summed E-state index contributed by atoms with van der Waals surface area (Å²) in [6.45, 7) is 22.7. The van der Waals surface area contributed by atoms with Crippen LogP contribution in [0.15, 0.2) is 12.7 Å². The summed E-state index contributed by atoms with van der Waals surface area (Å²) in [5, 5.41) is 11.5. The number of hydrogen-bond acceptors (Lipinski definition) is 3. The van der Waals surface area contributed by atoms with Crippen molar-refractivity contribution in [2.24, 2.45) is 46.3 Å². The van der Waals surface area contributed by atoms with Crippen LogP contribution in [0.3, 0.4) is 0 Å². The summed E-state index contributed by atoms with van der Waals surface area (Å²) in [6, 6.07) is 0. The van der Waals surface area contributed by atoms with Gasteiger partial charge in [-0.2, -0.15) is 0 Å². The maximum atomic E-state index is 13.3. The number of fused-ring (bicyclic) bond motifs is 5. The van der Waals surface area contributed by atoms with Crippen molar-refractivity contribution < 1.29 is 14.3 Å². The molecule has 1 N–H and O–H groups in total. The molecule has 0 spiro atoms. The van der Waals surface area contributed by atoms with Crippen LogP contribution in [-0.2, 0) is 9.22 Å². The number of carbonyl (C=O) groups is 1. The number of aliphatic hydroxyl groups excluding tert-OH is 1. The maximum Gasteiger partial charge on any atom is 0.192 e. The van der Waals surface area contributed by atoms with Gasteiger partial charge in [0, 0.05) is 17.9 Å². The average molecular weight is 475 g/mol. The van der Waals surface area contributed by atoms with E-state index in [1.165, 1.54) is 32.1 Å². The third-order valence-corrected chi connectivity index (χ3v) is 16.3. The van der Waals surface area contributed by atoms with Crippen molar-refractivity contribution >= 4 is 14.1 Å². The second-order valence-electron chi connectivity index (χ2n) is 14.3. The Balaban J connectivity index is 1.54. The smallest absolute Gasteiger partial charge is 0.192 e. The zero-order valence-electron chi connectivity index (χ0n) is 22.6. The van der Waals surface area contributed by atoms with Gasteiger partial charge < -0.3 is 9.53 Å². The van der Waals surface area contributed by atoms with Crippen LogP contribution in [0.1, 0.15) is 86.5 Å². The molecule has 0 aromatic rings. The van der Waals surface area contributed by atoms with E-state index in [-0.39, 0.29) is 34.0 Å². The Labute approximate surface area is 204 Å². The first kappa shape index (κ1) is 25.6. The molecule has 4 aliphatic rings. The topological polar surface area (TPSA) is 46.5 Å². The molecule has 4 aliphatic carbocycles. The van der Waals surface area contributed by atoms with Crippen molar-refractivity contribution in [3.8, 4) is 0 Å². The number of allylic oxidation sites excluding steroid dienone is 1. The molecule has 0 radical (unpaired) electrons. The highest BCUT2D eigenvalue weighted by Crippen LogP contribution is 2.67. The molecule has 4 rings (SSSR count). The van der Waals surface area contributed by atoms with Crippen LogP contribution in [-0.4, -0.2) is 31.4 Å². The van der Waals surface area contributed by atoms with Gasteiger partial charge in [0.2, 0.25) is 0 Å². The lowest BCUT2D eigenvalue weighted by Crippen LogP contribution is -2.56. The fourth-order valence-electron chi connectivity index (χ4n) is 8.84. The first-order valence-corrected chi connectivity index (χ1v) is 16.6. The second kappa shape index (κ2) is 8.30. The molecule has 0 heterocycles. The number of rotatable bonds is 4. The van der Waals surface area contributed by atoms with Crippen molar-refractivity contribution in [1.29, 1.82) is 0 Å². The summed E-state index contributed by atoms with van der Waals surface area (Å²) >= 11 is 0. The predicted octanol–water partition coefficient (Wildman–Crippen LogP) is 7.01. The summed E-state index contributed by atoms with van der Waals surface area (Å²) in [6.07, 6.45) is 9.82. The van der Waals surface area contributed by atoms with E-state index in [2.05, 4.69) is 61.2 Å². The molecule has 0 aromatic carbocycles. The van der Waals surface area contributed by atoms with Crippen LogP contribution < -0.4 is 0 Å². The number of ketones is 1. The molecule has 3 nitrogen and oxygen atoms in total. The van der Waals surface area contributed by atoms with Crippen LogP contribution in [0.4, 0.5) is 0 Å². The van der Waals surface area contributed by atoms with E-state index in [0.29, 0.717) is 29.3 Å². The fraction of sp³-hybridized carbons (Fsp3) is 0.897. The molecule has 0 aromatic heterocycles. The Morgan fingerprint density at radius 1 is 1.12 bits per heavy atom. The van der Waals surface area contributed by atoms with E-state index in [0.717, 1.165) is 12.8 Å². The van der Waals surface area contributed by atoms with Crippen LogP contribution >= 0.6 is 0 Å². The lowest BCUT2D eigenvalue weighted by atomic mass is 9.44. The Bertz CT molecular complexity index is 784. The minimum absolute atomic E-state index is 0.0739. The molecule has 0 saturated heterocycles. The Hall–Kier alpha value is -0.453. The third-order valence-electron chi connectivity index (χ3n) is 11.7. The summed E-state index contributed by atoms with van der Waals surface area (Å²) in [4.78, 5) is 13.3. The maximum absolute atomic E-state index is 13.3. The van der Waals surface area contributed by atoms with E-state index in [4.69, 9.17) is 4.43 Å². The summed E-state index contributed by atoms with van der Waals surface area (Å²) in [5.41, 5.74) is 0.236. The Morgan fingerprint density at radius 3 is 2.36 bits per heavy atom. The minimum Gasteiger partial charge on any atom is -0.414 e. The highest BCUT2D eigenvalue weighted by atomic mass is 28.4. The first-order chi connectivity index (χ1) is 15.2. The molecule has 4 saturated carbocycles. The molecular weight excluding hydrogens is 424 g/mol. The van der Waals surface area contributed by atoms with Gasteiger partial charge in [0.15, 0.2) is 14.1 Å². The van der Waals surface area contributed by atoms with Gasteiger partial charge in [-0.3, -0.25) is 4.79 Å². The van der Waals surface area contributed by atoms with E-state index in [1.54, 1.807) is 0 Å². The van der Waals surface area contributed by atoms with Gasteiger partial charge in [-0.25, -0.2) is 0 Å². The number of aliphatic hydroxyl groups is 1. The van der Waals surface area contributed by atoms with Crippen LogP contribution in [0.2, 0.25) is 18.1 Å². The normalized spacial score (nSPS) is 46.8. The van der Waals surface area contributed by atoms with E-state index < -0.39 is 14.4 Å². The highest BCUT2D eigenvalue weighted by molar-refractivity contribution is 6.74. The zero-order valence-corrected chi connectivity index (χ0v) is 23.6. The third kappa shape index (κ3) is 3.85. The Kier molecular flexibility index (Phi) is 6.45. The summed E-state index contributed by atoms with van der Waals surface area (Å²) in [7, 11) is -1.75. The van der Waals surface area contributed by atoms with E-state index >= 15 is 0 Å². The van der Waals surface area contributed by atoms with Gasteiger partial charge >= 0.3 is 0 Å². The molecule has 4 heteroatoms. The monoisotopic (exact) mass is 474 g/mol. The number of hydrogen-bond donors (Lipinski definition) is 1. The molecule has 2 unspecified atom stereocenters. The van der Waals surface area contributed by atoms with Crippen LogP contribution in [0.5, 0.6) is 0 Å². The predicted molar refractivity (Wildman–Crippen MR) is 138 cm³/mol. The highest BCUT2D eigenvalue weighted by Gasteiger charge is 2.66. The standard InChI is InChI=1S/C29H50O3Si/c1-10-18(2)23-25(30)26(31)24-21-12-11-19-17-20(32-33(8,9)27(3,4)5)13-15-28(19,6)22(21)14-16-29(23,24)7/h10,18-24,26,31H,1,11-17H2,2-9H3/t18-,19?,20+,21-,22+,23+,24-,26?,28+,29-/m1/s1. The quantitative estimate of drug-likeness (QED) is 0.352. The van der Waals surface area contributed by atoms with Gasteiger partial charge in [-0.1, -0.05) is 47.6 Å². The van der Waals surface area contributed by atoms with E-state index in [9.17, 15) is 9.90 Å².